The summed E-state index contributed by atoms with van der Waals surface area (Å²) in [5.41, 5.74) is 2.40. The molecule has 0 amide bonds. The topological polar surface area (TPSA) is 40.5 Å². The van der Waals surface area contributed by atoms with Crippen LogP contribution in [-0.4, -0.2) is 26.3 Å². The summed E-state index contributed by atoms with van der Waals surface area (Å²) in [6, 6.07) is 20.4. The smallest absolute Gasteiger partial charge is 0.322 e. The van der Waals surface area contributed by atoms with Gasteiger partial charge in [-0.1, -0.05) is 76.6 Å². The van der Waals surface area contributed by atoms with E-state index >= 15 is 0 Å². The van der Waals surface area contributed by atoms with E-state index in [9.17, 15) is 9.90 Å². The van der Waals surface area contributed by atoms with Crippen molar-refractivity contribution < 1.29 is 9.90 Å². The summed E-state index contributed by atoms with van der Waals surface area (Å²) in [5, 5.41) is 9.39. The predicted molar refractivity (Wildman–Crippen MR) is 89.8 cm³/mol. The molecular formula is C18H18BrNO2. The first-order chi connectivity index (χ1) is 10.6. The maximum atomic E-state index is 11.4. The lowest BCUT2D eigenvalue weighted by atomic mass is 10.1. The summed E-state index contributed by atoms with van der Waals surface area (Å²) in [7, 11) is 0. The Morgan fingerprint density at radius 3 is 1.86 bits per heavy atom. The van der Waals surface area contributed by atoms with E-state index in [1.807, 2.05) is 36.4 Å². The highest BCUT2D eigenvalue weighted by molar-refractivity contribution is 9.10. The number of hydrogen-bond donors (Lipinski definition) is 1. The highest BCUT2D eigenvalue weighted by Gasteiger charge is 2.61. The van der Waals surface area contributed by atoms with Gasteiger partial charge in [-0.2, -0.15) is 0 Å². The number of aliphatic carboxylic acids is 1. The summed E-state index contributed by atoms with van der Waals surface area (Å²) in [6.07, 6.45) is 0.641. The zero-order chi connectivity index (χ0) is 15.6. The molecule has 2 unspecified atom stereocenters. The third-order valence-corrected chi connectivity index (χ3v) is 5.30. The van der Waals surface area contributed by atoms with Crippen LogP contribution in [0, 0.1) is 0 Å². The molecule has 22 heavy (non-hydrogen) atoms. The van der Waals surface area contributed by atoms with Crippen LogP contribution in [0.15, 0.2) is 60.7 Å². The number of carboxylic acid groups (broad SMARTS) is 1. The van der Waals surface area contributed by atoms with Crippen molar-refractivity contribution in [1.82, 2.24) is 4.90 Å². The first-order valence-corrected chi connectivity index (χ1v) is 8.13. The van der Waals surface area contributed by atoms with Gasteiger partial charge in [-0.25, -0.2) is 0 Å². The monoisotopic (exact) mass is 359 g/mol. The summed E-state index contributed by atoms with van der Waals surface area (Å²) in [6.45, 7) is 1.50. The SMILES string of the molecule is O=C(O)C1(Br)CC1N(Cc1ccccc1)Cc1ccccc1. The van der Waals surface area contributed by atoms with Crippen LogP contribution in [0.1, 0.15) is 17.5 Å². The molecule has 0 heterocycles. The average Bonchev–Trinajstić information content (AvgIpc) is 3.22. The number of carbonyl (C=O) groups is 1. The Balaban J connectivity index is 1.79. The molecule has 3 nitrogen and oxygen atoms in total. The van der Waals surface area contributed by atoms with Gasteiger partial charge in [0.05, 0.1) is 0 Å². The molecule has 4 heteroatoms. The second-order valence-corrected chi connectivity index (χ2v) is 7.18. The standard InChI is InChI=1S/C18H18BrNO2/c19-18(17(21)22)11-16(18)20(12-14-7-3-1-4-8-14)13-15-9-5-2-6-10-15/h1-10,16H,11-13H2,(H,21,22). The van der Waals surface area contributed by atoms with Crippen molar-refractivity contribution in [3.05, 3.63) is 71.8 Å². The van der Waals surface area contributed by atoms with E-state index in [-0.39, 0.29) is 6.04 Å². The fraction of sp³-hybridized carbons (Fsp3) is 0.278. The number of carboxylic acids is 1. The Kier molecular flexibility index (Phi) is 4.32. The molecule has 0 bridgehead atoms. The van der Waals surface area contributed by atoms with Crippen molar-refractivity contribution in [2.45, 2.75) is 29.9 Å². The molecule has 2 atom stereocenters. The van der Waals surface area contributed by atoms with Gasteiger partial charge in [-0.15, -0.1) is 0 Å². The molecule has 3 rings (SSSR count). The summed E-state index contributed by atoms with van der Waals surface area (Å²) in [5.74, 6) is -0.774. The van der Waals surface area contributed by atoms with Crippen LogP contribution in [0.3, 0.4) is 0 Å². The molecular weight excluding hydrogens is 342 g/mol. The highest BCUT2D eigenvalue weighted by atomic mass is 79.9. The maximum absolute atomic E-state index is 11.4. The second-order valence-electron chi connectivity index (χ2n) is 5.76. The molecule has 0 saturated heterocycles. The van der Waals surface area contributed by atoms with Crippen LogP contribution < -0.4 is 0 Å². The van der Waals surface area contributed by atoms with E-state index in [4.69, 9.17) is 0 Å². The zero-order valence-electron chi connectivity index (χ0n) is 12.2. The number of alkyl halides is 1. The van der Waals surface area contributed by atoms with Gasteiger partial charge in [0.25, 0.3) is 0 Å². The minimum Gasteiger partial charge on any atom is -0.480 e. The minimum atomic E-state index is -0.795. The van der Waals surface area contributed by atoms with Crippen LogP contribution in [0.25, 0.3) is 0 Å². The van der Waals surface area contributed by atoms with Crippen molar-refractivity contribution >= 4 is 21.9 Å². The molecule has 1 N–H and O–H groups in total. The normalized spacial score (nSPS) is 23.5. The third-order valence-electron chi connectivity index (χ3n) is 4.11. The molecule has 2 aromatic carbocycles. The van der Waals surface area contributed by atoms with Crippen molar-refractivity contribution in [2.75, 3.05) is 0 Å². The molecule has 1 fully saturated rings. The van der Waals surface area contributed by atoms with Gasteiger partial charge in [-0.05, 0) is 17.5 Å². The first kappa shape index (κ1) is 15.3. The Morgan fingerprint density at radius 2 is 1.50 bits per heavy atom. The molecule has 0 spiro atoms. The predicted octanol–water partition coefficient (Wildman–Crippen LogP) is 3.68. The van der Waals surface area contributed by atoms with Crippen molar-refractivity contribution in [3.63, 3.8) is 0 Å². The van der Waals surface area contributed by atoms with Gasteiger partial charge >= 0.3 is 5.97 Å². The van der Waals surface area contributed by atoms with Gasteiger partial charge in [0.1, 0.15) is 4.32 Å². The number of rotatable bonds is 6. The summed E-state index contributed by atoms with van der Waals surface area (Å²) >= 11 is 3.41. The lowest BCUT2D eigenvalue weighted by Gasteiger charge is -2.24. The van der Waals surface area contributed by atoms with Gasteiger partial charge < -0.3 is 5.11 Å². The Labute approximate surface area is 138 Å². The molecule has 0 aromatic heterocycles. The quantitative estimate of drug-likeness (QED) is 0.799. The van der Waals surface area contributed by atoms with Crippen LogP contribution >= 0.6 is 15.9 Å². The Hall–Kier alpha value is -1.65. The number of halogens is 1. The van der Waals surface area contributed by atoms with E-state index in [2.05, 4.69) is 45.1 Å². The van der Waals surface area contributed by atoms with E-state index in [1.165, 1.54) is 11.1 Å². The summed E-state index contributed by atoms with van der Waals surface area (Å²) in [4.78, 5) is 13.7. The largest absolute Gasteiger partial charge is 0.480 e. The van der Waals surface area contributed by atoms with Crippen LogP contribution in [0.5, 0.6) is 0 Å². The van der Waals surface area contributed by atoms with E-state index in [0.717, 1.165) is 13.1 Å². The second kappa shape index (κ2) is 6.23. The van der Waals surface area contributed by atoms with Crippen LogP contribution in [0.2, 0.25) is 0 Å². The van der Waals surface area contributed by atoms with E-state index in [0.29, 0.717) is 6.42 Å². The number of nitrogens with zero attached hydrogens (tertiary/aromatic N) is 1. The molecule has 0 radical (unpaired) electrons. The van der Waals surface area contributed by atoms with Gasteiger partial charge in [-0.3, -0.25) is 9.69 Å². The first-order valence-electron chi connectivity index (χ1n) is 7.34. The molecule has 1 saturated carbocycles. The molecule has 114 valence electrons. The van der Waals surface area contributed by atoms with Crippen molar-refractivity contribution in [2.24, 2.45) is 0 Å². The third kappa shape index (κ3) is 3.23. The van der Waals surface area contributed by atoms with Crippen molar-refractivity contribution in [1.29, 1.82) is 0 Å². The van der Waals surface area contributed by atoms with Gasteiger partial charge in [0, 0.05) is 19.1 Å². The van der Waals surface area contributed by atoms with E-state index in [1.54, 1.807) is 0 Å². The van der Waals surface area contributed by atoms with Gasteiger partial charge in [0.15, 0.2) is 0 Å². The Bertz CT molecular complexity index is 605. The Morgan fingerprint density at radius 1 is 1.05 bits per heavy atom. The fourth-order valence-corrected chi connectivity index (χ4v) is 3.38. The maximum Gasteiger partial charge on any atom is 0.322 e. The van der Waals surface area contributed by atoms with Gasteiger partial charge in [0.2, 0.25) is 0 Å². The zero-order valence-corrected chi connectivity index (χ0v) is 13.7. The van der Waals surface area contributed by atoms with E-state index < -0.39 is 10.3 Å². The molecule has 0 aliphatic heterocycles. The minimum absolute atomic E-state index is 0.0189. The molecule has 1 aliphatic carbocycles. The summed E-state index contributed by atoms with van der Waals surface area (Å²) < 4.78 is -0.795. The van der Waals surface area contributed by atoms with Crippen LogP contribution in [0.4, 0.5) is 0 Å². The number of benzene rings is 2. The van der Waals surface area contributed by atoms with Crippen molar-refractivity contribution in [3.8, 4) is 0 Å². The molecule has 2 aromatic rings. The lowest BCUT2D eigenvalue weighted by molar-refractivity contribution is -0.137. The molecule has 1 aliphatic rings. The number of hydrogen-bond acceptors (Lipinski definition) is 2. The lowest BCUT2D eigenvalue weighted by Crippen LogP contribution is -2.33. The average molecular weight is 360 g/mol. The van der Waals surface area contributed by atoms with Crippen LogP contribution in [-0.2, 0) is 17.9 Å². The fourth-order valence-electron chi connectivity index (χ4n) is 2.78. The highest BCUT2D eigenvalue weighted by Crippen LogP contribution is 2.49.